The first-order valence-electron chi connectivity index (χ1n) is 12.9. The molecule has 2 aliphatic heterocycles. The Kier molecular flexibility index (Phi) is 6.37. The molecule has 1 unspecified atom stereocenters. The summed E-state index contributed by atoms with van der Waals surface area (Å²) in [5.74, 6) is 1.30. The minimum atomic E-state index is -0.198. The third kappa shape index (κ3) is 4.45. The van der Waals surface area contributed by atoms with Crippen molar-refractivity contribution in [1.29, 1.82) is 0 Å². The van der Waals surface area contributed by atoms with Gasteiger partial charge >= 0.3 is 5.97 Å². The quantitative estimate of drug-likeness (QED) is 0.647. The number of esters is 1. The first-order valence-corrected chi connectivity index (χ1v) is 12.9. The van der Waals surface area contributed by atoms with Gasteiger partial charge < -0.3 is 15.0 Å². The number of nitrogens with one attached hydrogen (secondary N) is 1. The standard InChI is InChI=1S/C29H36N2O3/c1-20-17-27(30-28(33)25-9-5-4-8-24(20)25)31-14-12-29(13-15-31)19-22(11-16-34-21(2)32)18-23-7-3-6-10-26(23)29/h3,6-7,10,17,22H,1,4-5,8-9,11-16,18-19H2,2H3,(H,30,33). The molecule has 1 atom stereocenters. The predicted molar refractivity (Wildman–Crippen MR) is 133 cm³/mol. The summed E-state index contributed by atoms with van der Waals surface area (Å²) in [5.41, 5.74) is 6.19. The monoisotopic (exact) mass is 460 g/mol. The van der Waals surface area contributed by atoms with E-state index in [2.05, 4.69) is 47.1 Å². The largest absolute Gasteiger partial charge is 0.466 e. The molecule has 5 rings (SSSR count). The lowest BCUT2D eigenvalue weighted by atomic mass is 9.61. The van der Waals surface area contributed by atoms with E-state index in [-0.39, 0.29) is 17.3 Å². The highest BCUT2D eigenvalue weighted by atomic mass is 16.5. The summed E-state index contributed by atoms with van der Waals surface area (Å²) >= 11 is 0. The second-order valence-electron chi connectivity index (χ2n) is 10.5. The van der Waals surface area contributed by atoms with E-state index in [1.165, 1.54) is 18.1 Å². The van der Waals surface area contributed by atoms with E-state index in [0.717, 1.165) is 93.4 Å². The summed E-state index contributed by atoms with van der Waals surface area (Å²) in [7, 11) is 0. The molecule has 4 aliphatic rings. The number of rotatable bonds is 4. The molecule has 0 bridgehead atoms. The third-order valence-corrected chi connectivity index (χ3v) is 8.35. The van der Waals surface area contributed by atoms with Crippen LogP contribution < -0.4 is 5.32 Å². The number of likely N-dealkylation sites (tertiary alicyclic amines) is 1. The van der Waals surface area contributed by atoms with E-state index in [1.54, 1.807) is 0 Å². The maximum Gasteiger partial charge on any atom is 0.302 e. The number of carbonyl (C=O) groups excluding carboxylic acids is 2. The fourth-order valence-corrected chi connectivity index (χ4v) is 6.64. The average Bonchev–Trinajstić information content (AvgIpc) is 2.96. The van der Waals surface area contributed by atoms with Gasteiger partial charge in [-0.2, -0.15) is 0 Å². The fraction of sp³-hybridized carbons (Fsp3) is 0.517. The molecule has 1 aromatic carbocycles. The van der Waals surface area contributed by atoms with Crippen LogP contribution in [-0.4, -0.2) is 36.5 Å². The molecular weight excluding hydrogens is 424 g/mol. The van der Waals surface area contributed by atoms with Gasteiger partial charge in [-0.25, -0.2) is 0 Å². The lowest BCUT2D eigenvalue weighted by molar-refractivity contribution is -0.141. The Balaban J connectivity index is 1.32. The molecule has 180 valence electrons. The number of amides is 1. The first-order chi connectivity index (χ1) is 16.4. The molecule has 1 aromatic rings. The normalized spacial score (nSPS) is 24.1. The van der Waals surface area contributed by atoms with Crippen LogP contribution in [-0.2, 0) is 26.2 Å². The minimum absolute atomic E-state index is 0.0634. The van der Waals surface area contributed by atoms with Crippen LogP contribution in [0.5, 0.6) is 0 Å². The van der Waals surface area contributed by atoms with E-state index >= 15 is 0 Å². The van der Waals surface area contributed by atoms with Crippen molar-refractivity contribution in [3.63, 3.8) is 0 Å². The van der Waals surface area contributed by atoms with Gasteiger partial charge in [-0.15, -0.1) is 0 Å². The first kappa shape index (κ1) is 22.9. The molecule has 2 heterocycles. The van der Waals surface area contributed by atoms with Crippen LogP contribution >= 0.6 is 0 Å². The highest BCUT2D eigenvalue weighted by Gasteiger charge is 2.43. The number of hydrogen-bond acceptors (Lipinski definition) is 4. The number of allylic oxidation sites excluding steroid dienone is 3. The lowest BCUT2D eigenvalue weighted by Crippen LogP contribution is -2.48. The van der Waals surface area contributed by atoms with E-state index in [9.17, 15) is 9.59 Å². The van der Waals surface area contributed by atoms with E-state index in [0.29, 0.717) is 12.5 Å². The number of carbonyl (C=O) groups is 2. The number of nitrogens with zero attached hydrogens (tertiary/aromatic N) is 1. The topological polar surface area (TPSA) is 58.6 Å². The van der Waals surface area contributed by atoms with Crippen molar-refractivity contribution in [2.45, 2.75) is 70.1 Å². The van der Waals surface area contributed by atoms with E-state index in [1.807, 2.05) is 0 Å². The van der Waals surface area contributed by atoms with Crippen LogP contribution in [0.1, 0.15) is 69.4 Å². The van der Waals surface area contributed by atoms with Gasteiger partial charge in [-0.05, 0) is 97.5 Å². The van der Waals surface area contributed by atoms with Crippen LogP contribution in [0.15, 0.2) is 59.5 Å². The number of benzene rings is 1. The van der Waals surface area contributed by atoms with E-state index < -0.39 is 0 Å². The Labute approximate surface area is 202 Å². The van der Waals surface area contributed by atoms with Gasteiger partial charge in [0.25, 0.3) is 5.91 Å². The molecule has 2 aliphatic carbocycles. The number of fused-ring (bicyclic) bond motifs is 2. The van der Waals surface area contributed by atoms with Crippen LogP contribution in [0, 0.1) is 5.92 Å². The van der Waals surface area contributed by atoms with Crippen molar-refractivity contribution in [2.24, 2.45) is 5.92 Å². The molecule has 1 saturated heterocycles. The summed E-state index contributed by atoms with van der Waals surface area (Å²) in [6.07, 6.45) is 11.3. The highest BCUT2D eigenvalue weighted by Crippen LogP contribution is 2.48. The van der Waals surface area contributed by atoms with Crippen molar-refractivity contribution >= 4 is 11.9 Å². The molecule has 1 fully saturated rings. The maximum atomic E-state index is 13.0. The highest BCUT2D eigenvalue weighted by molar-refractivity contribution is 5.97. The SMILES string of the molecule is C=C1C=C(N2CCC3(CC2)CC(CCOC(C)=O)Cc2ccccc23)NC(=O)C2=C1CCCC2. The molecule has 0 aromatic heterocycles. The second kappa shape index (κ2) is 9.44. The van der Waals surface area contributed by atoms with Crippen molar-refractivity contribution in [3.8, 4) is 0 Å². The molecule has 0 radical (unpaired) electrons. The Morgan fingerprint density at radius 3 is 2.68 bits per heavy atom. The number of hydrogen-bond donors (Lipinski definition) is 1. The number of ether oxygens (including phenoxy) is 1. The van der Waals surface area contributed by atoms with Gasteiger partial charge in [0.2, 0.25) is 0 Å². The zero-order valence-corrected chi connectivity index (χ0v) is 20.3. The van der Waals surface area contributed by atoms with Crippen LogP contribution in [0.25, 0.3) is 0 Å². The average molecular weight is 461 g/mol. The van der Waals surface area contributed by atoms with Gasteiger partial charge in [0, 0.05) is 25.6 Å². The van der Waals surface area contributed by atoms with Crippen molar-refractivity contribution < 1.29 is 14.3 Å². The lowest BCUT2D eigenvalue weighted by Gasteiger charge is -2.48. The second-order valence-corrected chi connectivity index (χ2v) is 10.5. The molecule has 5 nitrogen and oxygen atoms in total. The summed E-state index contributed by atoms with van der Waals surface area (Å²) in [6, 6.07) is 8.90. The van der Waals surface area contributed by atoms with Gasteiger partial charge in [-0.1, -0.05) is 30.8 Å². The third-order valence-electron chi connectivity index (χ3n) is 8.35. The van der Waals surface area contributed by atoms with Crippen LogP contribution in [0.4, 0.5) is 0 Å². The zero-order valence-electron chi connectivity index (χ0n) is 20.3. The smallest absolute Gasteiger partial charge is 0.302 e. The van der Waals surface area contributed by atoms with Crippen molar-refractivity contribution in [2.75, 3.05) is 19.7 Å². The summed E-state index contributed by atoms with van der Waals surface area (Å²) in [6.45, 7) is 8.12. The maximum absolute atomic E-state index is 13.0. The Bertz CT molecular complexity index is 1060. The molecule has 5 heteroatoms. The fourth-order valence-electron chi connectivity index (χ4n) is 6.64. The van der Waals surface area contributed by atoms with Crippen LogP contribution in [0.2, 0.25) is 0 Å². The van der Waals surface area contributed by atoms with E-state index in [4.69, 9.17) is 4.74 Å². The molecule has 1 N–H and O–H groups in total. The van der Waals surface area contributed by atoms with Crippen LogP contribution in [0.3, 0.4) is 0 Å². The molecule has 0 saturated carbocycles. The van der Waals surface area contributed by atoms with Gasteiger partial charge in [-0.3, -0.25) is 9.59 Å². The molecule has 34 heavy (non-hydrogen) atoms. The Morgan fingerprint density at radius 2 is 1.91 bits per heavy atom. The molecule has 1 amide bonds. The minimum Gasteiger partial charge on any atom is -0.466 e. The summed E-state index contributed by atoms with van der Waals surface area (Å²) < 4.78 is 5.27. The summed E-state index contributed by atoms with van der Waals surface area (Å²) in [4.78, 5) is 26.6. The van der Waals surface area contributed by atoms with Gasteiger partial charge in [0.05, 0.1) is 6.61 Å². The van der Waals surface area contributed by atoms with Gasteiger partial charge in [0.15, 0.2) is 0 Å². The Morgan fingerprint density at radius 1 is 1.18 bits per heavy atom. The number of piperidine rings is 1. The molecular formula is C29H36N2O3. The Hall–Kier alpha value is -2.82. The van der Waals surface area contributed by atoms with Gasteiger partial charge in [0.1, 0.15) is 5.82 Å². The van der Waals surface area contributed by atoms with Crippen molar-refractivity contribution in [3.05, 3.63) is 70.6 Å². The summed E-state index contributed by atoms with van der Waals surface area (Å²) in [5, 5.41) is 3.22. The molecule has 1 spiro atoms. The zero-order chi connectivity index (χ0) is 23.7. The predicted octanol–water partition coefficient (Wildman–Crippen LogP) is 4.93. The van der Waals surface area contributed by atoms with Crippen molar-refractivity contribution in [1.82, 2.24) is 10.2 Å².